The number of carboxylic acids is 1. The van der Waals surface area contributed by atoms with Crippen LogP contribution in [0.2, 0.25) is 0 Å². The summed E-state index contributed by atoms with van der Waals surface area (Å²) in [5, 5.41) is 31.2. The van der Waals surface area contributed by atoms with E-state index in [4.69, 9.17) is 10.4 Å². The van der Waals surface area contributed by atoms with E-state index in [9.17, 15) is 14.9 Å². The fraction of sp³-hybridized carbons (Fsp3) is 0.385. The van der Waals surface area contributed by atoms with Crippen LogP contribution in [0.3, 0.4) is 0 Å². The molecule has 1 rings (SSSR count). The topological polar surface area (TPSA) is 116 Å². The highest BCUT2D eigenvalue weighted by molar-refractivity contribution is 5.66. The van der Waals surface area contributed by atoms with E-state index < -0.39 is 10.9 Å². The fourth-order valence-corrected chi connectivity index (χ4v) is 1.78. The summed E-state index contributed by atoms with van der Waals surface area (Å²) < 4.78 is 0. The Morgan fingerprint density at radius 2 is 2.30 bits per heavy atom. The fourth-order valence-electron chi connectivity index (χ4n) is 1.78. The Morgan fingerprint density at radius 1 is 1.60 bits per heavy atom. The summed E-state index contributed by atoms with van der Waals surface area (Å²) in [5.41, 5.74) is 0.502. The smallest absolute Gasteiger partial charge is 0.303 e. The van der Waals surface area contributed by atoms with Crippen molar-refractivity contribution in [3.8, 4) is 6.07 Å². The van der Waals surface area contributed by atoms with Crippen LogP contribution >= 0.6 is 0 Å². The van der Waals surface area contributed by atoms with Crippen LogP contribution in [-0.4, -0.2) is 22.0 Å². The molecule has 0 aliphatic heterocycles. The number of carbonyl (C=O) groups is 1. The average Bonchev–Trinajstić information content (AvgIpc) is 2.37. The summed E-state index contributed by atoms with van der Waals surface area (Å²) in [7, 11) is 0. The van der Waals surface area contributed by atoms with Gasteiger partial charge in [-0.15, -0.1) is 0 Å². The molecule has 2 N–H and O–H groups in total. The van der Waals surface area contributed by atoms with E-state index in [0.717, 1.165) is 0 Å². The van der Waals surface area contributed by atoms with Crippen molar-refractivity contribution in [2.24, 2.45) is 0 Å². The number of benzene rings is 1. The second kappa shape index (κ2) is 7.09. The first-order valence-electron chi connectivity index (χ1n) is 6.11. The van der Waals surface area contributed by atoms with Gasteiger partial charge in [0.1, 0.15) is 5.69 Å². The number of nitriles is 1. The van der Waals surface area contributed by atoms with Gasteiger partial charge in [0.05, 0.1) is 16.6 Å². The third-order valence-electron chi connectivity index (χ3n) is 2.75. The monoisotopic (exact) mass is 277 g/mol. The zero-order valence-corrected chi connectivity index (χ0v) is 11.0. The molecule has 0 saturated heterocycles. The van der Waals surface area contributed by atoms with Gasteiger partial charge in [-0.25, -0.2) is 0 Å². The van der Waals surface area contributed by atoms with Crippen molar-refractivity contribution in [2.75, 3.05) is 5.32 Å². The summed E-state index contributed by atoms with van der Waals surface area (Å²) in [6.07, 6.45) is 1.11. The second-order valence-corrected chi connectivity index (χ2v) is 4.43. The molecule has 20 heavy (non-hydrogen) atoms. The number of nitro benzene ring substituents is 1. The van der Waals surface area contributed by atoms with E-state index in [1.54, 1.807) is 0 Å². The summed E-state index contributed by atoms with van der Waals surface area (Å²) in [5.74, 6) is -0.866. The number of nitrogens with one attached hydrogen (secondary N) is 1. The minimum atomic E-state index is -0.866. The number of nitro groups is 1. The maximum atomic E-state index is 10.9. The predicted molar refractivity (Wildman–Crippen MR) is 72.4 cm³/mol. The van der Waals surface area contributed by atoms with E-state index in [0.29, 0.717) is 18.4 Å². The highest BCUT2D eigenvalue weighted by atomic mass is 16.6. The van der Waals surface area contributed by atoms with Gasteiger partial charge in [-0.05, 0) is 31.9 Å². The van der Waals surface area contributed by atoms with E-state index >= 15 is 0 Å². The van der Waals surface area contributed by atoms with E-state index in [2.05, 4.69) is 5.32 Å². The Bertz CT molecular complexity index is 551. The maximum absolute atomic E-state index is 10.9. The highest BCUT2D eigenvalue weighted by Crippen LogP contribution is 2.26. The van der Waals surface area contributed by atoms with Gasteiger partial charge in [-0.1, -0.05) is 0 Å². The number of anilines is 1. The molecule has 0 aliphatic carbocycles. The van der Waals surface area contributed by atoms with Crippen LogP contribution in [0.15, 0.2) is 18.2 Å². The molecule has 0 heterocycles. The van der Waals surface area contributed by atoms with Crippen LogP contribution in [0.1, 0.15) is 31.7 Å². The molecule has 7 heteroatoms. The Morgan fingerprint density at radius 3 is 2.85 bits per heavy atom. The lowest BCUT2D eigenvalue weighted by Gasteiger charge is -2.14. The molecule has 0 radical (unpaired) electrons. The number of rotatable bonds is 7. The molecule has 1 unspecified atom stereocenters. The lowest BCUT2D eigenvalue weighted by molar-refractivity contribution is -0.384. The molecule has 0 amide bonds. The molecule has 7 nitrogen and oxygen atoms in total. The molecule has 1 aromatic rings. The Kier molecular flexibility index (Phi) is 5.47. The van der Waals surface area contributed by atoms with Gasteiger partial charge in [-0.3, -0.25) is 14.9 Å². The van der Waals surface area contributed by atoms with Crippen molar-refractivity contribution in [1.29, 1.82) is 5.26 Å². The average molecular weight is 277 g/mol. The van der Waals surface area contributed by atoms with Gasteiger partial charge in [0.2, 0.25) is 0 Å². The quantitative estimate of drug-likeness (QED) is 0.584. The van der Waals surface area contributed by atoms with Crippen LogP contribution in [-0.2, 0) is 4.79 Å². The van der Waals surface area contributed by atoms with Crippen LogP contribution in [0, 0.1) is 21.4 Å². The number of hydrogen-bond donors (Lipinski definition) is 2. The third-order valence-corrected chi connectivity index (χ3v) is 2.75. The normalized spacial score (nSPS) is 11.4. The van der Waals surface area contributed by atoms with Gasteiger partial charge in [-0.2, -0.15) is 5.26 Å². The van der Waals surface area contributed by atoms with Crippen molar-refractivity contribution < 1.29 is 14.8 Å². The molecule has 0 aromatic heterocycles. The molecule has 0 saturated carbocycles. The largest absolute Gasteiger partial charge is 0.481 e. The van der Waals surface area contributed by atoms with Gasteiger partial charge < -0.3 is 10.4 Å². The first kappa shape index (κ1) is 15.4. The summed E-state index contributed by atoms with van der Waals surface area (Å²) in [4.78, 5) is 20.8. The minimum absolute atomic E-state index is 0.0619. The molecule has 1 atom stereocenters. The van der Waals surface area contributed by atoms with E-state index in [1.165, 1.54) is 18.2 Å². The van der Waals surface area contributed by atoms with Crippen molar-refractivity contribution in [3.05, 3.63) is 33.9 Å². The first-order chi connectivity index (χ1) is 9.43. The van der Waals surface area contributed by atoms with Gasteiger partial charge in [0, 0.05) is 18.5 Å². The second-order valence-electron chi connectivity index (χ2n) is 4.43. The zero-order valence-electron chi connectivity index (χ0n) is 11.0. The number of nitrogens with zero attached hydrogens (tertiary/aromatic N) is 2. The standard InChI is InChI=1S/C13H15N3O4/c1-9(3-2-4-13(17)18)15-11-7-10(8-14)5-6-12(11)16(19)20/h5-7,9,15H,2-4H2,1H3,(H,17,18). The lowest BCUT2D eigenvalue weighted by Crippen LogP contribution is -2.16. The Labute approximate surface area is 116 Å². The third kappa shape index (κ3) is 4.57. The van der Waals surface area contributed by atoms with Crippen LogP contribution in [0.4, 0.5) is 11.4 Å². The number of hydrogen-bond acceptors (Lipinski definition) is 5. The van der Waals surface area contributed by atoms with Gasteiger partial charge in [0.15, 0.2) is 0 Å². The molecule has 0 bridgehead atoms. The van der Waals surface area contributed by atoms with Crippen molar-refractivity contribution in [1.82, 2.24) is 0 Å². The predicted octanol–water partition coefficient (Wildman–Crippen LogP) is 2.52. The minimum Gasteiger partial charge on any atom is -0.481 e. The van der Waals surface area contributed by atoms with E-state index in [-0.39, 0.29) is 23.8 Å². The van der Waals surface area contributed by atoms with Gasteiger partial charge in [0.25, 0.3) is 5.69 Å². The maximum Gasteiger partial charge on any atom is 0.303 e. The van der Waals surface area contributed by atoms with Crippen molar-refractivity contribution >= 4 is 17.3 Å². The molecule has 0 spiro atoms. The summed E-state index contributed by atoms with van der Waals surface area (Å²) in [6, 6.07) is 5.89. The van der Waals surface area contributed by atoms with Crippen LogP contribution < -0.4 is 5.32 Å². The van der Waals surface area contributed by atoms with Crippen LogP contribution in [0.25, 0.3) is 0 Å². The molecular formula is C13H15N3O4. The van der Waals surface area contributed by atoms with E-state index in [1.807, 2.05) is 13.0 Å². The number of aliphatic carboxylic acids is 1. The number of carboxylic acid groups (broad SMARTS) is 1. The summed E-state index contributed by atoms with van der Waals surface area (Å²) in [6.45, 7) is 1.81. The molecule has 0 fully saturated rings. The Hall–Kier alpha value is -2.62. The molecule has 0 aliphatic rings. The molecular weight excluding hydrogens is 262 g/mol. The highest BCUT2D eigenvalue weighted by Gasteiger charge is 2.16. The van der Waals surface area contributed by atoms with Crippen molar-refractivity contribution in [3.63, 3.8) is 0 Å². The summed E-state index contributed by atoms with van der Waals surface area (Å²) >= 11 is 0. The zero-order chi connectivity index (χ0) is 15.1. The van der Waals surface area contributed by atoms with Gasteiger partial charge >= 0.3 is 5.97 Å². The molecule has 106 valence electrons. The van der Waals surface area contributed by atoms with Crippen molar-refractivity contribution in [2.45, 2.75) is 32.2 Å². The first-order valence-corrected chi connectivity index (χ1v) is 6.11. The van der Waals surface area contributed by atoms with Crippen LogP contribution in [0.5, 0.6) is 0 Å². The molecule has 1 aromatic carbocycles. The SMILES string of the molecule is CC(CCCC(=O)O)Nc1cc(C#N)ccc1[N+](=O)[O-]. The Balaban J connectivity index is 2.76. The lowest BCUT2D eigenvalue weighted by atomic mass is 10.1.